The molecule has 0 spiro atoms. The van der Waals surface area contributed by atoms with E-state index in [1.165, 1.54) is 13.0 Å². The molecule has 0 saturated carbocycles. The van der Waals surface area contributed by atoms with Crippen molar-refractivity contribution >= 4 is 33.1 Å². The third kappa shape index (κ3) is 5.78. The molecule has 0 aliphatic carbocycles. The summed E-state index contributed by atoms with van der Waals surface area (Å²) in [5.41, 5.74) is 5.41. The molecule has 1 rings (SSSR count). The molecule has 0 aliphatic rings. The molecule has 1 aromatic carbocycles. The largest absolute Gasteiger partial charge is 0.465 e. The van der Waals surface area contributed by atoms with E-state index in [-0.39, 0.29) is 18.0 Å². The Hall–Kier alpha value is -2.16. The van der Waals surface area contributed by atoms with Gasteiger partial charge in [0.15, 0.2) is 9.84 Å². The molecule has 0 atom stereocenters. The maximum absolute atomic E-state index is 13.4. The van der Waals surface area contributed by atoms with Gasteiger partial charge in [0.05, 0.1) is 12.3 Å². The first-order valence-electron chi connectivity index (χ1n) is 5.94. The highest BCUT2D eigenvalue weighted by molar-refractivity contribution is 7.92. The van der Waals surface area contributed by atoms with Crippen LogP contribution in [-0.2, 0) is 24.2 Å². The van der Waals surface area contributed by atoms with Gasteiger partial charge in [-0.15, -0.1) is 0 Å². The van der Waals surface area contributed by atoms with Crippen LogP contribution in [0.3, 0.4) is 0 Å². The first-order chi connectivity index (χ1) is 9.73. The molecule has 7 nitrogen and oxygen atoms in total. The molecule has 0 fully saturated rings. The van der Waals surface area contributed by atoms with Crippen molar-refractivity contribution in [3.8, 4) is 0 Å². The van der Waals surface area contributed by atoms with Crippen LogP contribution in [0.5, 0.6) is 0 Å². The fourth-order valence-electron chi connectivity index (χ4n) is 1.46. The smallest absolute Gasteiger partial charge is 0.321 e. The van der Waals surface area contributed by atoms with Gasteiger partial charge in [-0.1, -0.05) is 0 Å². The van der Waals surface area contributed by atoms with Crippen molar-refractivity contribution in [2.24, 2.45) is 0 Å². The van der Waals surface area contributed by atoms with E-state index in [0.717, 1.165) is 12.1 Å². The molecule has 0 saturated heterocycles. The lowest BCUT2D eigenvalue weighted by Crippen LogP contribution is -2.28. The molecule has 21 heavy (non-hydrogen) atoms. The van der Waals surface area contributed by atoms with Crippen molar-refractivity contribution in [2.45, 2.75) is 6.92 Å². The van der Waals surface area contributed by atoms with E-state index < -0.39 is 39.0 Å². The molecule has 0 aliphatic heterocycles. The summed E-state index contributed by atoms with van der Waals surface area (Å²) in [5.74, 6) is -4.53. The molecule has 0 bridgehead atoms. The molecule has 0 aromatic heterocycles. The molecule has 116 valence electrons. The Labute approximate surface area is 121 Å². The maximum atomic E-state index is 13.4. The normalized spacial score (nSPS) is 11.0. The van der Waals surface area contributed by atoms with Gasteiger partial charge in [0.1, 0.15) is 17.3 Å². The van der Waals surface area contributed by atoms with Gasteiger partial charge in [-0.2, -0.15) is 0 Å². The molecule has 1 amide bonds. The second-order valence-electron chi connectivity index (χ2n) is 4.12. The van der Waals surface area contributed by atoms with Crippen molar-refractivity contribution in [3.63, 3.8) is 0 Å². The van der Waals surface area contributed by atoms with Crippen LogP contribution in [0.4, 0.5) is 15.8 Å². The van der Waals surface area contributed by atoms with Gasteiger partial charge >= 0.3 is 5.97 Å². The van der Waals surface area contributed by atoms with Gasteiger partial charge in [0.25, 0.3) is 0 Å². The number of nitrogens with two attached hydrogens (primary N) is 1. The molecule has 9 heteroatoms. The van der Waals surface area contributed by atoms with Crippen molar-refractivity contribution in [1.82, 2.24) is 0 Å². The number of carbonyl (C=O) groups is 2. The van der Waals surface area contributed by atoms with E-state index in [1.54, 1.807) is 0 Å². The van der Waals surface area contributed by atoms with Crippen LogP contribution in [0.25, 0.3) is 0 Å². The van der Waals surface area contributed by atoms with E-state index in [9.17, 15) is 22.4 Å². The van der Waals surface area contributed by atoms with Crippen LogP contribution in [0.15, 0.2) is 18.2 Å². The summed E-state index contributed by atoms with van der Waals surface area (Å²) >= 11 is 0. The van der Waals surface area contributed by atoms with Gasteiger partial charge < -0.3 is 15.8 Å². The molecular weight excluding hydrogens is 303 g/mol. The van der Waals surface area contributed by atoms with E-state index >= 15 is 0 Å². The predicted molar refractivity (Wildman–Crippen MR) is 74.7 cm³/mol. The Kier molecular flexibility index (Phi) is 5.65. The number of sulfone groups is 1. The van der Waals surface area contributed by atoms with Crippen molar-refractivity contribution in [2.75, 3.05) is 29.2 Å². The van der Waals surface area contributed by atoms with Gasteiger partial charge in [-0.25, -0.2) is 12.8 Å². The number of benzene rings is 1. The van der Waals surface area contributed by atoms with Gasteiger partial charge in [-0.05, 0) is 25.1 Å². The van der Waals surface area contributed by atoms with Crippen LogP contribution < -0.4 is 11.1 Å². The Balaban J connectivity index is 2.68. The van der Waals surface area contributed by atoms with Crippen LogP contribution in [0.1, 0.15) is 6.92 Å². The zero-order valence-corrected chi connectivity index (χ0v) is 12.1. The minimum atomic E-state index is -3.99. The molecule has 0 radical (unpaired) electrons. The fraction of sp³-hybridized carbons (Fsp3) is 0.333. The van der Waals surface area contributed by atoms with E-state index in [2.05, 4.69) is 10.1 Å². The summed E-state index contributed by atoms with van der Waals surface area (Å²) in [6, 6.07) is 3.49. The van der Waals surface area contributed by atoms with Crippen molar-refractivity contribution in [1.29, 1.82) is 0 Å². The number of hydrogen-bond acceptors (Lipinski definition) is 6. The second-order valence-corrected chi connectivity index (χ2v) is 6.19. The van der Waals surface area contributed by atoms with E-state index in [0.29, 0.717) is 0 Å². The number of nitrogens with one attached hydrogen (secondary N) is 1. The number of halogens is 1. The van der Waals surface area contributed by atoms with E-state index in [1.807, 2.05) is 0 Å². The molecule has 1 aromatic rings. The third-order valence-corrected chi connectivity index (χ3v) is 3.64. The summed E-state index contributed by atoms with van der Waals surface area (Å²) in [5, 5.41) is 2.09. The summed E-state index contributed by atoms with van der Waals surface area (Å²) in [6.45, 7) is 1.56. The summed E-state index contributed by atoms with van der Waals surface area (Å²) in [7, 11) is -3.99. The summed E-state index contributed by atoms with van der Waals surface area (Å²) in [4.78, 5) is 22.7. The Bertz CT molecular complexity index is 645. The SMILES string of the molecule is CCOC(=O)CS(=O)(=O)CC(=O)Nc1cc(N)ccc1F. The van der Waals surface area contributed by atoms with Gasteiger partial charge in [0.2, 0.25) is 5.91 Å². The summed E-state index contributed by atoms with van der Waals surface area (Å²) < 4.78 is 41.0. The highest BCUT2D eigenvalue weighted by atomic mass is 32.2. The highest BCUT2D eigenvalue weighted by Crippen LogP contribution is 2.17. The predicted octanol–water partition coefficient (Wildman–Crippen LogP) is 0.324. The number of anilines is 2. The lowest BCUT2D eigenvalue weighted by Gasteiger charge is -2.08. The Morgan fingerprint density at radius 3 is 2.62 bits per heavy atom. The average molecular weight is 318 g/mol. The van der Waals surface area contributed by atoms with Gasteiger partial charge in [0, 0.05) is 5.69 Å². The molecular formula is C12H15FN2O5S. The topological polar surface area (TPSA) is 116 Å². The van der Waals surface area contributed by atoms with Gasteiger partial charge in [-0.3, -0.25) is 9.59 Å². The first-order valence-corrected chi connectivity index (χ1v) is 7.76. The lowest BCUT2D eigenvalue weighted by atomic mass is 10.2. The van der Waals surface area contributed by atoms with Crippen molar-refractivity contribution < 1.29 is 27.1 Å². The highest BCUT2D eigenvalue weighted by Gasteiger charge is 2.22. The number of carbonyl (C=O) groups excluding carboxylic acids is 2. The van der Waals surface area contributed by atoms with Crippen molar-refractivity contribution in [3.05, 3.63) is 24.0 Å². The molecule has 3 N–H and O–H groups in total. The Morgan fingerprint density at radius 1 is 1.33 bits per heavy atom. The number of amides is 1. The lowest BCUT2D eigenvalue weighted by molar-refractivity contribution is -0.139. The van der Waals surface area contributed by atoms with Crippen LogP contribution in [0.2, 0.25) is 0 Å². The number of nitrogen functional groups attached to an aromatic ring is 1. The minimum Gasteiger partial charge on any atom is -0.465 e. The second kappa shape index (κ2) is 7.02. The molecule has 0 unspecified atom stereocenters. The maximum Gasteiger partial charge on any atom is 0.321 e. The zero-order valence-electron chi connectivity index (χ0n) is 11.3. The summed E-state index contributed by atoms with van der Waals surface area (Å²) in [6.07, 6.45) is 0. The Morgan fingerprint density at radius 2 is 2.00 bits per heavy atom. The number of esters is 1. The third-order valence-electron chi connectivity index (χ3n) is 2.26. The number of rotatable bonds is 6. The number of ether oxygens (including phenoxy) is 1. The van der Waals surface area contributed by atoms with Crippen LogP contribution in [-0.4, -0.2) is 38.4 Å². The molecule has 0 heterocycles. The number of hydrogen-bond donors (Lipinski definition) is 2. The first kappa shape index (κ1) is 16.9. The zero-order chi connectivity index (χ0) is 16.0. The average Bonchev–Trinajstić information content (AvgIpc) is 2.32. The minimum absolute atomic E-state index is 0.0368. The standard InChI is InChI=1S/C12H15FN2O5S/c1-2-20-12(17)7-21(18,19)6-11(16)15-10-5-8(14)3-4-9(10)13/h3-5H,2,6-7,14H2,1H3,(H,15,16). The quantitative estimate of drug-likeness (QED) is 0.576. The fourth-order valence-corrected chi connectivity index (χ4v) is 2.47. The van der Waals surface area contributed by atoms with E-state index in [4.69, 9.17) is 5.73 Å². The van der Waals surface area contributed by atoms with Crippen LogP contribution >= 0.6 is 0 Å². The monoisotopic (exact) mass is 318 g/mol. The van der Waals surface area contributed by atoms with Crippen LogP contribution in [0, 0.1) is 5.82 Å².